The molecule has 0 saturated carbocycles. The van der Waals surface area contributed by atoms with Gasteiger partial charge in [-0.2, -0.15) is 0 Å². The van der Waals surface area contributed by atoms with Crippen molar-refractivity contribution in [2.75, 3.05) is 0 Å². The first-order valence-corrected chi connectivity index (χ1v) is 6.18. The van der Waals surface area contributed by atoms with Crippen molar-refractivity contribution in [3.8, 4) is 0 Å². The molecule has 1 aliphatic rings. The molecule has 0 aromatic carbocycles. The van der Waals surface area contributed by atoms with E-state index in [9.17, 15) is 0 Å². The molecule has 3 rings (SSSR count). The minimum Gasteiger partial charge on any atom is -0.399 e. The Bertz CT molecular complexity index is 575. The molecule has 3 heterocycles. The standard InChI is InChI=1S/C13H17BN2O2/c1-12(2)13(3,4)18-14(17-12)9-5-7-15-10-6-8-16-11(9)10/h5-8,16H,1-4H3. The summed E-state index contributed by atoms with van der Waals surface area (Å²) < 4.78 is 12.1. The number of nitrogens with zero attached hydrogens (tertiary/aromatic N) is 1. The molecule has 1 saturated heterocycles. The predicted molar refractivity (Wildman–Crippen MR) is 71.8 cm³/mol. The Balaban J connectivity index is 2.05. The molecule has 1 fully saturated rings. The quantitative estimate of drug-likeness (QED) is 0.779. The first-order chi connectivity index (χ1) is 8.41. The first-order valence-electron chi connectivity index (χ1n) is 6.18. The summed E-state index contributed by atoms with van der Waals surface area (Å²) in [7, 11) is -0.348. The molecule has 0 unspecified atom stereocenters. The fraction of sp³-hybridized carbons (Fsp3) is 0.462. The van der Waals surface area contributed by atoms with Gasteiger partial charge in [0.25, 0.3) is 0 Å². The Morgan fingerprint density at radius 2 is 1.78 bits per heavy atom. The van der Waals surface area contributed by atoms with Gasteiger partial charge in [0, 0.05) is 17.9 Å². The van der Waals surface area contributed by atoms with Crippen molar-refractivity contribution in [1.29, 1.82) is 0 Å². The molecule has 0 atom stereocenters. The van der Waals surface area contributed by atoms with Gasteiger partial charge in [0.1, 0.15) is 0 Å². The second kappa shape index (κ2) is 3.59. The van der Waals surface area contributed by atoms with Gasteiger partial charge in [-0.3, -0.25) is 4.98 Å². The molecule has 94 valence electrons. The monoisotopic (exact) mass is 244 g/mol. The van der Waals surface area contributed by atoms with Crippen LogP contribution in [0.1, 0.15) is 27.7 Å². The zero-order chi connectivity index (χ0) is 13.0. The van der Waals surface area contributed by atoms with Crippen LogP contribution >= 0.6 is 0 Å². The average Bonchev–Trinajstić information content (AvgIpc) is 2.81. The highest BCUT2D eigenvalue weighted by molar-refractivity contribution is 6.64. The van der Waals surface area contributed by atoms with Crippen LogP contribution in [-0.2, 0) is 9.31 Å². The molecule has 0 aliphatic carbocycles. The molecular formula is C13H17BN2O2. The maximum Gasteiger partial charge on any atom is 0.497 e. The lowest BCUT2D eigenvalue weighted by molar-refractivity contribution is 0.00578. The van der Waals surface area contributed by atoms with Gasteiger partial charge >= 0.3 is 7.12 Å². The molecule has 1 N–H and O–H groups in total. The molecule has 2 aromatic heterocycles. The van der Waals surface area contributed by atoms with Gasteiger partial charge in [0.15, 0.2) is 0 Å². The number of aromatic amines is 1. The fourth-order valence-electron chi connectivity index (χ4n) is 2.15. The largest absolute Gasteiger partial charge is 0.497 e. The van der Waals surface area contributed by atoms with E-state index in [2.05, 4.69) is 37.7 Å². The van der Waals surface area contributed by atoms with Gasteiger partial charge in [-0.1, -0.05) is 0 Å². The van der Waals surface area contributed by atoms with Gasteiger partial charge in [-0.25, -0.2) is 0 Å². The van der Waals surface area contributed by atoms with E-state index in [0.717, 1.165) is 16.5 Å². The SMILES string of the molecule is CC1(C)OB(c2ccnc3cc[nH]c23)OC1(C)C. The minimum absolute atomic E-state index is 0.320. The van der Waals surface area contributed by atoms with Crippen molar-refractivity contribution < 1.29 is 9.31 Å². The zero-order valence-electron chi connectivity index (χ0n) is 11.2. The van der Waals surface area contributed by atoms with Gasteiger partial charge in [-0.15, -0.1) is 0 Å². The summed E-state index contributed by atoms with van der Waals surface area (Å²) >= 11 is 0. The van der Waals surface area contributed by atoms with E-state index in [4.69, 9.17) is 9.31 Å². The molecule has 1 aliphatic heterocycles. The van der Waals surface area contributed by atoms with Gasteiger partial charge in [0.05, 0.1) is 22.2 Å². The Kier molecular flexibility index (Phi) is 2.34. The first kappa shape index (κ1) is 11.7. The third-order valence-corrected chi connectivity index (χ3v) is 3.99. The van der Waals surface area contributed by atoms with E-state index < -0.39 is 0 Å². The summed E-state index contributed by atoms with van der Waals surface area (Å²) in [6.45, 7) is 8.22. The Morgan fingerprint density at radius 3 is 2.44 bits per heavy atom. The van der Waals surface area contributed by atoms with E-state index in [1.807, 2.05) is 18.3 Å². The smallest absolute Gasteiger partial charge is 0.399 e. The lowest BCUT2D eigenvalue weighted by Crippen LogP contribution is -2.41. The molecule has 0 radical (unpaired) electrons. The Hall–Kier alpha value is -1.33. The lowest BCUT2D eigenvalue weighted by atomic mass is 9.79. The van der Waals surface area contributed by atoms with Crippen LogP contribution in [0, 0.1) is 0 Å². The summed E-state index contributed by atoms with van der Waals surface area (Å²) in [5.41, 5.74) is 2.28. The number of pyridine rings is 1. The van der Waals surface area contributed by atoms with Crippen molar-refractivity contribution in [3.05, 3.63) is 24.5 Å². The fourth-order valence-corrected chi connectivity index (χ4v) is 2.15. The molecule has 2 aromatic rings. The molecular weight excluding hydrogens is 227 g/mol. The third-order valence-electron chi connectivity index (χ3n) is 3.99. The zero-order valence-corrected chi connectivity index (χ0v) is 11.2. The lowest BCUT2D eigenvalue weighted by Gasteiger charge is -2.32. The summed E-state index contributed by atoms with van der Waals surface area (Å²) in [5, 5.41) is 0. The number of nitrogens with one attached hydrogen (secondary N) is 1. The molecule has 18 heavy (non-hydrogen) atoms. The normalized spacial score (nSPS) is 21.7. The molecule has 0 amide bonds. The number of fused-ring (bicyclic) bond motifs is 1. The highest BCUT2D eigenvalue weighted by Crippen LogP contribution is 2.36. The van der Waals surface area contributed by atoms with E-state index in [-0.39, 0.29) is 18.3 Å². The van der Waals surface area contributed by atoms with Crippen molar-refractivity contribution in [3.63, 3.8) is 0 Å². The summed E-state index contributed by atoms with van der Waals surface area (Å²) in [6, 6.07) is 3.89. The number of hydrogen-bond acceptors (Lipinski definition) is 3. The molecule has 5 heteroatoms. The maximum absolute atomic E-state index is 6.06. The second-order valence-electron chi connectivity index (χ2n) is 5.73. The molecule has 0 spiro atoms. The van der Waals surface area contributed by atoms with Crippen LogP contribution in [0.3, 0.4) is 0 Å². The van der Waals surface area contributed by atoms with Crippen LogP contribution in [-0.4, -0.2) is 28.3 Å². The van der Waals surface area contributed by atoms with E-state index in [1.165, 1.54) is 0 Å². The number of H-pyrrole nitrogens is 1. The van der Waals surface area contributed by atoms with Crippen molar-refractivity contribution in [1.82, 2.24) is 9.97 Å². The minimum atomic E-state index is -0.348. The van der Waals surface area contributed by atoms with Crippen molar-refractivity contribution in [2.24, 2.45) is 0 Å². The number of aromatic nitrogens is 2. The maximum atomic E-state index is 6.06. The Morgan fingerprint density at radius 1 is 1.11 bits per heavy atom. The molecule has 0 bridgehead atoms. The van der Waals surface area contributed by atoms with Crippen LogP contribution in [0.5, 0.6) is 0 Å². The van der Waals surface area contributed by atoms with Crippen LogP contribution in [0.15, 0.2) is 24.5 Å². The molecule has 4 nitrogen and oxygen atoms in total. The van der Waals surface area contributed by atoms with Crippen LogP contribution in [0.2, 0.25) is 0 Å². The number of rotatable bonds is 1. The Labute approximate surface area is 107 Å². The van der Waals surface area contributed by atoms with Gasteiger partial charge in [0.2, 0.25) is 0 Å². The van der Waals surface area contributed by atoms with Crippen LogP contribution in [0.25, 0.3) is 11.0 Å². The van der Waals surface area contributed by atoms with Crippen molar-refractivity contribution >= 4 is 23.6 Å². The van der Waals surface area contributed by atoms with Gasteiger partial charge < -0.3 is 14.3 Å². The number of hydrogen-bond donors (Lipinski definition) is 1. The summed E-state index contributed by atoms with van der Waals surface area (Å²) in [5.74, 6) is 0. The summed E-state index contributed by atoms with van der Waals surface area (Å²) in [4.78, 5) is 7.50. The van der Waals surface area contributed by atoms with Crippen molar-refractivity contribution in [2.45, 2.75) is 38.9 Å². The van der Waals surface area contributed by atoms with E-state index in [1.54, 1.807) is 6.20 Å². The highest BCUT2D eigenvalue weighted by Gasteiger charge is 2.52. The van der Waals surface area contributed by atoms with E-state index in [0.29, 0.717) is 0 Å². The van der Waals surface area contributed by atoms with Crippen LogP contribution < -0.4 is 5.46 Å². The van der Waals surface area contributed by atoms with Crippen LogP contribution in [0.4, 0.5) is 0 Å². The topological polar surface area (TPSA) is 47.1 Å². The second-order valence-corrected chi connectivity index (χ2v) is 5.73. The van der Waals surface area contributed by atoms with Gasteiger partial charge in [-0.05, 0) is 39.8 Å². The summed E-state index contributed by atoms with van der Waals surface area (Å²) in [6.07, 6.45) is 3.67. The predicted octanol–water partition coefficient (Wildman–Crippen LogP) is 1.86. The average molecular weight is 244 g/mol. The highest BCUT2D eigenvalue weighted by atomic mass is 16.7. The third kappa shape index (κ3) is 1.58. The van der Waals surface area contributed by atoms with E-state index >= 15 is 0 Å².